The van der Waals surface area contributed by atoms with Crippen LogP contribution >= 0.6 is 0 Å². The maximum atomic E-state index is 11.7. The Labute approximate surface area is 660 Å². The van der Waals surface area contributed by atoms with Crippen molar-refractivity contribution < 1.29 is 0 Å². The van der Waals surface area contributed by atoms with Gasteiger partial charge in [0.1, 0.15) is 0 Å². The largest absolute Gasteiger partial charge is 0.310 e. The Morgan fingerprint density at radius 3 is 1.08 bits per heavy atom. The van der Waals surface area contributed by atoms with Crippen molar-refractivity contribution in [1.82, 2.24) is 9.13 Å². The molecule has 2 aliphatic rings. The van der Waals surface area contributed by atoms with Gasteiger partial charge in [0.15, 0.2) is 5.69 Å². The molecule has 4 heterocycles. The Morgan fingerprint density at radius 2 is 0.655 bits per heavy atom. The summed E-state index contributed by atoms with van der Waals surface area (Å²) in [5.74, 6) is 0. The van der Waals surface area contributed by atoms with Crippen molar-refractivity contribution in [2.24, 2.45) is 0 Å². The zero-order valence-corrected chi connectivity index (χ0v) is 63.8. The van der Waals surface area contributed by atoms with E-state index >= 15 is 0 Å². The summed E-state index contributed by atoms with van der Waals surface area (Å²) < 4.78 is 4.91. The summed E-state index contributed by atoms with van der Waals surface area (Å²) in [7, 11) is 0. The fourth-order valence-electron chi connectivity index (χ4n) is 18.0. The predicted octanol–water partition coefficient (Wildman–Crippen LogP) is 26.6. The molecule has 0 aliphatic carbocycles. The van der Waals surface area contributed by atoms with Gasteiger partial charge < -0.3 is 18.9 Å². The van der Waals surface area contributed by atoms with Gasteiger partial charge in [-0.05, 0) is 197 Å². The molecule has 0 saturated heterocycles. The van der Waals surface area contributed by atoms with Gasteiger partial charge in [-0.2, -0.15) is 5.26 Å². The van der Waals surface area contributed by atoms with Crippen LogP contribution in [0.25, 0.3) is 138 Å². The maximum absolute atomic E-state index is 11.7. The number of nitriles is 1. The number of benzene rings is 16. The Morgan fingerprint density at radius 1 is 0.301 bits per heavy atom. The molecule has 534 valence electrons. The standard InChI is InChI=1S/C106H77BN6/c1-105(2,3)77-61-87(73-40-29-38-71(57-73)68-31-11-8-12-32-68)103(89(63-77)81-42-18-17-37-75(81)67-108)112-98-65-79(110-94-49-25-20-44-83(94)84-45-21-26-50-95(84)110)53-55-91(98)107-92-56-54-80(111-96-51-27-22-46-85(96)86-47-23-28-52-97(86)111)66-99(92)113(101-60-76(59-100(112)102(101)107)70-35-15-10-16-36-70)104-88(74-41-30-39-72(58-74)69-33-13-9-14-34-69)62-78(106(4,5)6)64-90(104)82-43-19-24-48-93(82)109-7/h8-66H,1-6H3. The number of hydrogen-bond donors (Lipinski definition) is 0. The highest BCUT2D eigenvalue weighted by Crippen LogP contribution is 2.57. The van der Waals surface area contributed by atoms with E-state index in [2.05, 4.69) is 405 Å². The number of rotatable bonds is 11. The van der Waals surface area contributed by atoms with Crippen molar-refractivity contribution in [3.8, 4) is 95.3 Å². The number of nitrogens with zero attached hydrogens (tertiary/aromatic N) is 6. The van der Waals surface area contributed by atoms with Crippen LogP contribution in [0.1, 0.15) is 58.2 Å². The van der Waals surface area contributed by atoms with Crippen LogP contribution in [0.3, 0.4) is 0 Å². The smallest absolute Gasteiger partial charge is 0.252 e. The molecule has 0 atom stereocenters. The SMILES string of the molecule is [C-]#[N+]c1ccccc1-c1cc(C(C)(C)C)cc(-c2cccc(-c3ccccc3)c2)c1N1c2cc(-n3c4ccccc4c4ccccc43)ccc2B2c3ccc(-n4c5ccccc5c5ccccc54)cc3N(c3c(-c4cccc(-c5ccccc5)c4)cc(C(C)(C)C)cc3-c3ccccc3C#N)c3cc(-c4ccccc4)cc1c32. The van der Waals surface area contributed by atoms with Gasteiger partial charge in [0.2, 0.25) is 0 Å². The molecule has 20 rings (SSSR count). The first-order chi connectivity index (χ1) is 55.3. The number of fused-ring (bicyclic) bond motifs is 10. The van der Waals surface area contributed by atoms with Crippen LogP contribution < -0.4 is 26.2 Å². The van der Waals surface area contributed by atoms with E-state index in [1.165, 1.54) is 21.5 Å². The van der Waals surface area contributed by atoms with Gasteiger partial charge in [0.05, 0.1) is 51.6 Å². The summed E-state index contributed by atoms with van der Waals surface area (Å²) in [5, 5.41) is 16.4. The predicted molar refractivity (Wildman–Crippen MR) is 476 cm³/mol. The third kappa shape index (κ3) is 11.3. The summed E-state index contributed by atoms with van der Waals surface area (Å²) in [6, 6.07) is 134. The topological polar surface area (TPSA) is 44.5 Å². The highest BCUT2D eigenvalue weighted by Gasteiger charge is 2.47. The first-order valence-electron chi connectivity index (χ1n) is 39.0. The van der Waals surface area contributed by atoms with Crippen LogP contribution in [0.4, 0.5) is 39.8 Å². The van der Waals surface area contributed by atoms with E-state index in [1.807, 2.05) is 24.3 Å². The lowest BCUT2D eigenvalue weighted by molar-refractivity contribution is 0.590. The van der Waals surface area contributed by atoms with Gasteiger partial charge >= 0.3 is 0 Å². The van der Waals surface area contributed by atoms with E-state index < -0.39 is 6.71 Å². The second-order valence-electron chi connectivity index (χ2n) is 32.1. The van der Waals surface area contributed by atoms with Gasteiger partial charge in [0, 0.05) is 77.9 Å². The normalized spacial score (nSPS) is 12.4. The minimum absolute atomic E-state index is 0.349. The molecule has 0 N–H and O–H groups in total. The van der Waals surface area contributed by atoms with Crippen molar-refractivity contribution in [2.75, 3.05) is 9.80 Å². The zero-order chi connectivity index (χ0) is 76.4. The van der Waals surface area contributed by atoms with E-state index in [1.54, 1.807) is 0 Å². The molecule has 16 aromatic carbocycles. The lowest BCUT2D eigenvalue weighted by Crippen LogP contribution is -2.61. The first kappa shape index (κ1) is 68.1. The number of anilines is 6. The number of hydrogen-bond acceptors (Lipinski definition) is 3. The third-order valence-corrected chi connectivity index (χ3v) is 23.4. The van der Waals surface area contributed by atoms with E-state index in [-0.39, 0.29) is 10.8 Å². The van der Waals surface area contributed by atoms with Gasteiger partial charge in [0.25, 0.3) is 6.71 Å². The Hall–Kier alpha value is -14.2. The fraction of sp³-hybridized carbons (Fsp3) is 0.0755. The Balaban J connectivity index is 0.997. The molecule has 6 nitrogen and oxygen atoms in total. The molecule has 113 heavy (non-hydrogen) atoms. The molecule has 2 aliphatic heterocycles. The van der Waals surface area contributed by atoms with Gasteiger partial charge in [-0.25, -0.2) is 4.85 Å². The van der Waals surface area contributed by atoms with Crippen molar-refractivity contribution in [3.05, 3.63) is 386 Å². The molecular weight excluding hydrogens is 1370 g/mol. The van der Waals surface area contributed by atoms with Crippen molar-refractivity contribution in [2.45, 2.75) is 52.4 Å². The van der Waals surface area contributed by atoms with Gasteiger partial charge in [-0.3, -0.25) is 0 Å². The van der Waals surface area contributed by atoms with Crippen molar-refractivity contribution in [3.63, 3.8) is 0 Å². The second kappa shape index (κ2) is 26.8. The van der Waals surface area contributed by atoms with Crippen LogP contribution in [0, 0.1) is 17.9 Å². The summed E-state index contributed by atoms with van der Waals surface area (Å²) >= 11 is 0. The molecule has 2 aromatic heterocycles. The summed E-state index contributed by atoms with van der Waals surface area (Å²) in [5.41, 5.74) is 32.5. The minimum atomic E-state index is -0.395. The Kier molecular flexibility index (Phi) is 16.2. The van der Waals surface area contributed by atoms with Crippen LogP contribution in [0.2, 0.25) is 0 Å². The highest BCUT2D eigenvalue weighted by molar-refractivity contribution is 7.00. The zero-order valence-electron chi connectivity index (χ0n) is 63.8. The van der Waals surface area contributed by atoms with Crippen molar-refractivity contribution >= 4 is 107 Å². The van der Waals surface area contributed by atoms with E-state index in [0.717, 1.165) is 173 Å². The molecule has 0 bridgehead atoms. The summed E-state index contributed by atoms with van der Waals surface area (Å²) in [4.78, 5) is 9.67. The van der Waals surface area contributed by atoms with Crippen LogP contribution in [0.5, 0.6) is 0 Å². The Bertz CT molecular complexity index is 6490. The van der Waals surface area contributed by atoms with Crippen molar-refractivity contribution in [1.29, 1.82) is 5.26 Å². The summed E-state index contributed by atoms with van der Waals surface area (Å²) in [6.45, 7) is 22.5. The van der Waals surface area contributed by atoms with Crippen LogP contribution in [0.15, 0.2) is 358 Å². The molecule has 0 unspecified atom stereocenters. The molecule has 0 fully saturated rings. The first-order valence-corrected chi connectivity index (χ1v) is 39.0. The lowest BCUT2D eigenvalue weighted by Gasteiger charge is -2.46. The maximum Gasteiger partial charge on any atom is 0.252 e. The molecule has 0 spiro atoms. The molecule has 0 amide bonds. The monoisotopic (exact) mass is 1440 g/mol. The van der Waals surface area contributed by atoms with E-state index in [9.17, 15) is 5.26 Å². The van der Waals surface area contributed by atoms with Crippen LogP contribution in [-0.2, 0) is 10.8 Å². The van der Waals surface area contributed by atoms with E-state index in [0.29, 0.717) is 11.3 Å². The van der Waals surface area contributed by atoms with Crippen LogP contribution in [-0.4, -0.2) is 15.8 Å². The second-order valence-corrected chi connectivity index (χ2v) is 32.1. The molecule has 0 saturated carbocycles. The quantitative estimate of drug-likeness (QED) is 0.0958. The third-order valence-electron chi connectivity index (χ3n) is 23.4. The van der Waals surface area contributed by atoms with Gasteiger partial charge in [-0.15, -0.1) is 0 Å². The lowest BCUT2D eigenvalue weighted by atomic mass is 9.33. The highest BCUT2D eigenvalue weighted by atomic mass is 15.2. The number of aromatic nitrogens is 2. The average molecular weight is 1450 g/mol. The fourth-order valence-corrected chi connectivity index (χ4v) is 18.0. The molecule has 18 aromatic rings. The number of para-hydroxylation sites is 5. The summed E-state index contributed by atoms with van der Waals surface area (Å²) in [6.07, 6.45) is 0. The minimum Gasteiger partial charge on any atom is -0.310 e. The average Bonchev–Trinajstić information content (AvgIpc) is 1.28. The molecule has 7 heteroatoms. The van der Waals surface area contributed by atoms with Gasteiger partial charge in [-0.1, -0.05) is 296 Å². The van der Waals surface area contributed by atoms with E-state index in [4.69, 9.17) is 6.57 Å². The molecular formula is C106H77BN6. The molecule has 0 radical (unpaired) electrons.